The van der Waals surface area contributed by atoms with Crippen molar-refractivity contribution in [2.75, 3.05) is 13.1 Å². The van der Waals surface area contributed by atoms with Crippen LogP contribution in [0.3, 0.4) is 0 Å². The number of amides is 2. The normalized spacial score (nSPS) is 9.74. The number of hydrogen-bond acceptors (Lipinski definition) is 3. The van der Waals surface area contributed by atoms with Crippen molar-refractivity contribution in [2.24, 2.45) is 0 Å². The molecule has 0 saturated heterocycles. The Labute approximate surface area is 108 Å². The van der Waals surface area contributed by atoms with E-state index >= 15 is 0 Å². The largest absolute Gasteiger partial charge is 0.480 e. The van der Waals surface area contributed by atoms with E-state index < -0.39 is 30.1 Å². The first kappa shape index (κ1) is 14.6. The zero-order valence-electron chi connectivity index (χ0n) is 9.98. The molecule has 0 radical (unpaired) electrons. The fourth-order valence-electron chi connectivity index (χ4n) is 1.29. The summed E-state index contributed by atoms with van der Waals surface area (Å²) in [5, 5.41) is 12.7. The molecule has 19 heavy (non-hydrogen) atoms. The molecular weight excluding hydrogens is 255 g/mol. The summed E-state index contributed by atoms with van der Waals surface area (Å²) in [5.41, 5.74) is 0.228. The highest BCUT2D eigenvalue weighted by Crippen LogP contribution is 2.06. The summed E-state index contributed by atoms with van der Waals surface area (Å²) in [6.07, 6.45) is -0.182. The van der Waals surface area contributed by atoms with Crippen LogP contribution in [-0.4, -0.2) is 36.0 Å². The van der Waals surface area contributed by atoms with Gasteiger partial charge in [0.05, 0.1) is 13.0 Å². The van der Waals surface area contributed by atoms with Gasteiger partial charge in [-0.1, -0.05) is 18.2 Å². The van der Waals surface area contributed by atoms with Gasteiger partial charge in [0.25, 0.3) is 0 Å². The molecule has 0 unspecified atom stereocenters. The van der Waals surface area contributed by atoms with Crippen molar-refractivity contribution in [3.05, 3.63) is 35.6 Å². The minimum atomic E-state index is -1.17. The van der Waals surface area contributed by atoms with Crippen LogP contribution in [0.25, 0.3) is 0 Å². The van der Waals surface area contributed by atoms with Crippen LogP contribution in [-0.2, 0) is 20.8 Å². The van der Waals surface area contributed by atoms with Gasteiger partial charge in [0.2, 0.25) is 11.8 Å². The standard InChI is InChI=1S/C12H13FN2O4/c13-9-4-2-1-3-8(9)5-10(16)14-6-11(17)15-7-12(18)19/h1-4H,5-7H2,(H,14,16)(H,15,17)(H,18,19). The van der Waals surface area contributed by atoms with E-state index in [0.29, 0.717) is 0 Å². The number of carbonyl (C=O) groups is 3. The molecule has 0 fully saturated rings. The molecule has 0 aliphatic carbocycles. The number of nitrogens with one attached hydrogen (secondary N) is 2. The Bertz CT molecular complexity index is 490. The minimum Gasteiger partial charge on any atom is -0.480 e. The van der Waals surface area contributed by atoms with Gasteiger partial charge in [0, 0.05) is 0 Å². The zero-order valence-corrected chi connectivity index (χ0v) is 9.98. The van der Waals surface area contributed by atoms with Crippen LogP contribution in [0, 0.1) is 5.82 Å². The lowest BCUT2D eigenvalue weighted by Gasteiger charge is -2.06. The maximum Gasteiger partial charge on any atom is 0.322 e. The maximum atomic E-state index is 13.2. The quantitative estimate of drug-likeness (QED) is 0.659. The van der Waals surface area contributed by atoms with Crippen molar-refractivity contribution in [1.82, 2.24) is 10.6 Å². The van der Waals surface area contributed by atoms with Crippen LogP contribution in [0.1, 0.15) is 5.56 Å². The van der Waals surface area contributed by atoms with Gasteiger partial charge in [-0.05, 0) is 11.6 Å². The third-order valence-electron chi connectivity index (χ3n) is 2.19. The third-order valence-corrected chi connectivity index (χ3v) is 2.19. The Kier molecular flexibility index (Phi) is 5.46. The predicted molar refractivity (Wildman–Crippen MR) is 63.8 cm³/mol. The molecule has 2 amide bonds. The predicted octanol–water partition coefficient (Wildman–Crippen LogP) is -0.315. The molecule has 6 nitrogen and oxygen atoms in total. The molecule has 0 atom stereocenters. The Morgan fingerprint density at radius 3 is 2.32 bits per heavy atom. The molecule has 102 valence electrons. The number of rotatable bonds is 6. The van der Waals surface area contributed by atoms with Crippen molar-refractivity contribution in [3.8, 4) is 0 Å². The molecule has 0 aromatic heterocycles. The minimum absolute atomic E-state index is 0.182. The molecule has 0 heterocycles. The summed E-state index contributed by atoms with van der Waals surface area (Å²) in [6, 6.07) is 5.82. The number of hydrogen-bond donors (Lipinski definition) is 3. The summed E-state index contributed by atoms with van der Waals surface area (Å²) in [5.74, 6) is -2.81. The van der Waals surface area contributed by atoms with Crippen molar-refractivity contribution in [1.29, 1.82) is 0 Å². The number of benzene rings is 1. The number of carbonyl (C=O) groups excluding carboxylic acids is 2. The molecule has 0 spiro atoms. The Hall–Kier alpha value is -2.44. The third kappa shape index (κ3) is 5.62. The van der Waals surface area contributed by atoms with Crippen molar-refractivity contribution in [3.63, 3.8) is 0 Å². The number of carboxylic acid groups (broad SMARTS) is 1. The zero-order chi connectivity index (χ0) is 14.3. The van der Waals surface area contributed by atoms with Crippen LogP contribution in [0.2, 0.25) is 0 Å². The summed E-state index contributed by atoms with van der Waals surface area (Å²) in [4.78, 5) is 32.7. The van der Waals surface area contributed by atoms with Gasteiger partial charge in [-0.15, -0.1) is 0 Å². The van der Waals surface area contributed by atoms with Crippen molar-refractivity contribution >= 4 is 17.8 Å². The highest BCUT2D eigenvalue weighted by atomic mass is 19.1. The second-order valence-electron chi connectivity index (χ2n) is 3.72. The summed E-state index contributed by atoms with van der Waals surface area (Å²) >= 11 is 0. The van der Waals surface area contributed by atoms with E-state index in [1.54, 1.807) is 6.07 Å². The molecular formula is C12H13FN2O4. The average molecular weight is 268 g/mol. The van der Waals surface area contributed by atoms with Gasteiger partial charge >= 0.3 is 5.97 Å². The second-order valence-corrected chi connectivity index (χ2v) is 3.72. The van der Waals surface area contributed by atoms with Crippen LogP contribution in [0.5, 0.6) is 0 Å². The van der Waals surface area contributed by atoms with E-state index in [2.05, 4.69) is 10.6 Å². The molecule has 1 aromatic carbocycles. The fraction of sp³-hybridized carbons (Fsp3) is 0.250. The van der Waals surface area contributed by atoms with Gasteiger partial charge < -0.3 is 15.7 Å². The molecule has 7 heteroatoms. The molecule has 0 saturated carbocycles. The first-order valence-corrected chi connectivity index (χ1v) is 5.47. The molecule has 0 bridgehead atoms. The van der Waals surface area contributed by atoms with Crippen molar-refractivity contribution in [2.45, 2.75) is 6.42 Å². The lowest BCUT2D eigenvalue weighted by atomic mass is 10.1. The van der Waals surface area contributed by atoms with Crippen molar-refractivity contribution < 1.29 is 23.9 Å². The molecule has 0 aliphatic rings. The Balaban J connectivity index is 2.34. The molecule has 1 rings (SSSR count). The van der Waals surface area contributed by atoms with Crippen LogP contribution in [0.15, 0.2) is 24.3 Å². The topological polar surface area (TPSA) is 95.5 Å². The molecule has 3 N–H and O–H groups in total. The van der Waals surface area contributed by atoms with Gasteiger partial charge in [0.15, 0.2) is 0 Å². The first-order chi connectivity index (χ1) is 8.99. The van der Waals surface area contributed by atoms with E-state index in [1.165, 1.54) is 18.2 Å². The van der Waals surface area contributed by atoms with Crippen LogP contribution < -0.4 is 10.6 Å². The summed E-state index contributed by atoms with van der Waals surface area (Å²) < 4.78 is 13.2. The Morgan fingerprint density at radius 1 is 1.05 bits per heavy atom. The summed E-state index contributed by atoms with van der Waals surface area (Å²) in [6.45, 7) is -0.859. The first-order valence-electron chi connectivity index (χ1n) is 5.47. The van der Waals surface area contributed by atoms with Gasteiger partial charge in [-0.2, -0.15) is 0 Å². The van der Waals surface area contributed by atoms with E-state index in [9.17, 15) is 18.8 Å². The lowest BCUT2D eigenvalue weighted by molar-refractivity contribution is -0.137. The van der Waals surface area contributed by atoms with E-state index in [4.69, 9.17) is 5.11 Å². The monoisotopic (exact) mass is 268 g/mol. The Morgan fingerprint density at radius 2 is 1.68 bits per heavy atom. The van der Waals surface area contributed by atoms with Gasteiger partial charge in [-0.3, -0.25) is 14.4 Å². The van der Waals surface area contributed by atoms with E-state index in [-0.39, 0.29) is 18.5 Å². The average Bonchev–Trinajstić information content (AvgIpc) is 2.36. The fourth-order valence-corrected chi connectivity index (χ4v) is 1.29. The number of halogens is 1. The highest BCUT2D eigenvalue weighted by Gasteiger charge is 2.09. The molecule has 0 aliphatic heterocycles. The smallest absolute Gasteiger partial charge is 0.322 e. The van der Waals surface area contributed by atoms with Gasteiger partial charge in [-0.25, -0.2) is 4.39 Å². The SMILES string of the molecule is O=C(O)CNC(=O)CNC(=O)Cc1ccccc1F. The number of carboxylic acids is 1. The highest BCUT2D eigenvalue weighted by molar-refractivity contribution is 5.87. The van der Waals surface area contributed by atoms with E-state index in [1.807, 2.05) is 0 Å². The number of aliphatic carboxylic acids is 1. The second kappa shape index (κ2) is 7.10. The van der Waals surface area contributed by atoms with Crippen LogP contribution >= 0.6 is 0 Å². The molecule has 1 aromatic rings. The van der Waals surface area contributed by atoms with E-state index in [0.717, 1.165) is 0 Å². The summed E-state index contributed by atoms with van der Waals surface area (Å²) in [7, 11) is 0. The van der Waals surface area contributed by atoms with Gasteiger partial charge in [0.1, 0.15) is 12.4 Å². The maximum absolute atomic E-state index is 13.2. The van der Waals surface area contributed by atoms with Crippen LogP contribution in [0.4, 0.5) is 4.39 Å². The lowest BCUT2D eigenvalue weighted by Crippen LogP contribution is -2.39.